The fourth-order valence-electron chi connectivity index (χ4n) is 3.91. The molecule has 3 unspecified atom stereocenters. The molecule has 1 aliphatic rings. The number of aliphatic hydroxyl groups excluding tert-OH is 1. The molecule has 0 radical (unpaired) electrons. The molecule has 9 heteroatoms. The zero-order chi connectivity index (χ0) is 19.2. The van der Waals surface area contributed by atoms with E-state index in [0.29, 0.717) is 41.6 Å². The monoisotopic (exact) mass is 379 g/mol. The first-order valence-corrected chi connectivity index (χ1v) is 8.93. The molecule has 1 fully saturated rings. The predicted octanol–water partition coefficient (Wildman–Crippen LogP) is 3.28. The molecule has 2 N–H and O–H groups in total. The van der Waals surface area contributed by atoms with Crippen LogP contribution in [0.5, 0.6) is 0 Å². The van der Waals surface area contributed by atoms with Gasteiger partial charge in [-0.05, 0) is 38.3 Å². The van der Waals surface area contributed by atoms with E-state index in [1.807, 2.05) is 10.6 Å². The van der Waals surface area contributed by atoms with Gasteiger partial charge in [-0.1, -0.05) is 0 Å². The maximum Gasteiger partial charge on any atom is 0.401 e. The van der Waals surface area contributed by atoms with Crippen LogP contribution >= 0.6 is 0 Å². The van der Waals surface area contributed by atoms with Gasteiger partial charge in [0.25, 0.3) is 0 Å². The SMILES string of the molecule is CC(O)c1nc2cnc3cccnc3c2n1C1CCC(NCC(F)(F)F)C1. The van der Waals surface area contributed by atoms with Gasteiger partial charge in [0.1, 0.15) is 23.0 Å². The zero-order valence-corrected chi connectivity index (χ0v) is 14.7. The zero-order valence-electron chi connectivity index (χ0n) is 14.7. The summed E-state index contributed by atoms with van der Waals surface area (Å²) in [7, 11) is 0. The predicted molar refractivity (Wildman–Crippen MR) is 94.2 cm³/mol. The average molecular weight is 379 g/mol. The van der Waals surface area contributed by atoms with Gasteiger partial charge in [0.2, 0.25) is 0 Å². The number of pyridine rings is 2. The van der Waals surface area contributed by atoms with Gasteiger partial charge in [-0.15, -0.1) is 0 Å². The number of aliphatic hydroxyl groups is 1. The van der Waals surface area contributed by atoms with E-state index in [2.05, 4.69) is 20.3 Å². The van der Waals surface area contributed by atoms with Gasteiger partial charge in [0.05, 0.1) is 23.8 Å². The molecule has 0 aromatic carbocycles. The number of hydrogen-bond donors (Lipinski definition) is 2. The van der Waals surface area contributed by atoms with Crippen LogP contribution in [-0.4, -0.2) is 43.4 Å². The number of alkyl halides is 3. The Hall–Kier alpha value is -2.26. The minimum atomic E-state index is -4.23. The third-order valence-corrected chi connectivity index (χ3v) is 5.04. The summed E-state index contributed by atoms with van der Waals surface area (Å²) in [6, 6.07) is 3.36. The molecular weight excluding hydrogens is 359 g/mol. The third-order valence-electron chi connectivity index (χ3n) is 5.04. The lowest BCUT2D eigenvalue weighted by Crippen LogP contribution is -2.35. The Balaban J connectivity index is 1.74. The number of nitrogens with one attached hydrogen (secondary N) is 1. The van der Waals surface area contributed by atoms with Crippen LogP contribution in [0.4, 0.5) is 13.2 Å². The van der Waals surface area contributed by atoms with E-state index >= 15 is 0 Å². The highest BCUT2D eigenvalue weighted by molar-refractivity contribution is 5.99. The van der Waals surface area contributed by atoms with Crippen LogP contribution in [0.3, 0.4) is 0 Å². The van der Waals surface area contributed by atoms with Gasteiger partial charge < -0.3 is 15.0 Å². The van der Waals surface area contributed by atoms with Crippen molar-refractivity contribution < 1.29 is 18.3 Å². The van der Waals surface area contributed by atoms with Crippen molar-refractivity contribution >= 4 is 22.1 Å². The molecule has 3 aromatic rings. The molecule has 3 heterocycles. The lowest BCUT2D eigenvalue weighted by atomic mass is 10.2. The minimum Gasteiger partial charge on any atom is -0.385 e. The second kappa shape index (κ2) is 6.72. The van der Waals surface area contributed by atoms with Crippen LogP contribution in [0.1, 0.15) is 44.2 Å². The van der Waals surface area contributed by atoms with Crippen molar-refractivity contribution in [3.05, 3.63) is 30.4 Å². The summed E-state index contributed by atoms with van der Waals surface area (Å²) < 4.78 is 39.5. The second-order valence-electron chi connectivity index (χ2n) is 7.04. The Morgan fingerprint density at radius 2 is 2.11 bits per heavy atom. The summed E-state index contributed by atoms with van der Waals surface area (Å²) in [6.45, 7) is 0.641. The molecule has 0 amide bonds. The molecule has 3 aromatic heterocycles. The molecule has 6 nitrogen and oxygen atoms in total. The number of hydrogen-bond acceptors (Lipinski definition) is 5. The highest BCUT2D eigenvalue weighted by atomic mass is 19.4. The van der Waals surface area contributed by atoms with Gasteiger partial charge in [0, 0.05) is 18.3 Å². The summed E-state index contributed by atoms with van der Waals surface area (Å²) in [6.07, 6.45) is 0.168. The van der Waals surface area contributed by atoms with Gasteiger partial charge >= 0.3 is 6.18 Å². The smallest absolute Gasteiger partial charge is 0.385 e. The fourth-order valence-corrected chi connectivity index (χ4v) is 3.91. The fraction of sp³-hybridized carbons (Fsp3) is 0.500. The number of fused-ring (bicyclic) bond motifs is 3. The van der Waals surface area contributed by atoms with Crippen molar-refractivity contribution in [3.8, 4) is 0 Å². The highest BCUT2D eigenvalue weighted by Crippen LogP contribution is 2.37. The standard InChI is InChI=1S/C18H20F3N5O/c1-10(27)17-25-14-8-23-13-3-2-6-22-15(13)16(14)26(17)12-5-4-11(7-12)24-9-18(19,20)21/h2-3,6,8,10-12,24,27H,4-5,7,9H2,1H3. The molecule has 1 aliphatic carbocycles. The quantitative estimate of drug-likeness (QED) is 0.728. The minimum absolute atomic E-state index is 0.0575. The lowest BCUT2D eigenvalue weighted by molar-refractivity contribution is -0.126. The van der Waals surface area contributed by atoms with Gasteiger partial charge in [0.15, 0.2) is 0 Å². The van der Waals surface area contributed by atoms with Crippen molar-refractivity contribution in [2.24, 2.45) is 0 Å². The van der Waals surface area contributed by atoms with Crippen LogP contribution in [-0.2, 0) is 0 Å². The van der Waals surface area contributed by atoms with E-state index in [0.717, 1.165) is 5.52 Å². The number of imidazole rings is 1. The second-order valence-corrected chi connectivity index (χ2v) is 7.04. The van der Waals surface area contributed by atoms with Crippen molar-refractivity contribution in [2.45, 2.75) is 50.6 Å². The highest BCUT2D eigenvalue weighted by Gasteiger charge is 2.34. The Kier molecular flexibility index (Phi) is 4.51. The van der Waals surface area contributed by atoms with Crippen molar-refractivity contribution in [2.75, 3.05) is 6.54 Å². The van der Waals surface area contributed by atoms with Crippen molar-refractivity contribution in [1.82, 2.24) is 24.8 Å². The molecule has 1 saturated carbocycles. The lowest BCUT2D eigenvalue weighted by Gasteiger charge is -2.19. The first kappa shape index (κ1) is 18.1. The summed E-state index contributed by atoms with van der Waals surface area (Å²) >= 11 is 0. The largest absolute Gasteiger partial charge is 0.401 e. The van der Waals surface area contributed by atoms with Crippen LogP contribution in [0, 0.1) is 0 Å². The van der Waals surface area contributed by atoms with Crippen molar-refractivity contribution in [1.29, 1.82) is 0 Å². The number of halogens is 3. The van der Waals surface area contributed by atoms with E-state index in [1.54, 1.807) is 25.4 Å². The first-order chi connectivity index (χ1) is 12.8. The van der Waals surface area contributed by atoms with Crippen LogP contribution in [0.25, 0.3) is 22.1 Å². The summed E-state index contributed by atoms with van der Waals surface area (Å²) in [5.74, 6) is 0.492. The normalized spacial score (nSPS) is 22.0. The van der Waals surface area contributed by atoms with E-state index in [-0.39, 0.29) is 12.1 Å². The third kappa shape index (κ3) is 3.49. The van der Waals surface area contributed by atoms with Crippen LogP contribution in [0.15, 0.2) is 24.5 Å². The Morgan fingerprint density at radius 3 is 2.85 bits per heavy atom. The molecule has 0 saturated heterocycles. The number of aromatic nitrogens is 4. The molecule has 3 atom stereocenters. The van der Waals surface area contributed by atoms with Gasteiger partial charge in [-0.2, -0.15) is 13.2 Å². The van der Waals surface area contributed by atoms with Crippen LogP contribution < -0.4 is 5.32 Å². The molecule has 0 bridgehead atoms. The van der Waals surface area contributed by atoms with E-state index < -0.39 is 18.8 Å². The Bertz CT molecular complexity index is 969. The summed E-state index contributed by atoms with van der Waals surface area (Å²) in [4.78, 5) is 13.3. The summed E-state index contributed by atoms with van der Waals surface area (Å²) in [5, 5.41) is 12.8. The molecule has 4 rings (SSSR count). The number of nitrogens with zero attached hydrogens (tertiary/aromatic N) is 4. The molecular formula is C18H20F3N5O. The average Bonchev–Trinajstić information content (AvgIpc) is 3.23. The first-order valence-electron chi connectivity index (χ1n) is 8.93. The number of rotatable bonds is 4. The maximum absolute atomic E-state index is 12.5. The van der Waals surface area contributed by atoms with E-state index in [9.17, 15) is 18.3 Å². The van der Waals surface area contributed by atoms with Gasteiger partial charge in [-0.25, -0.2) is 4.98 Å². The molecule has 27 heavy (non-hydrogen) atoms. The molecule has 144 valence electrons. The Morgan fingerprint density at radius 1 is 1.30 bits per heavy atom. The van der Waals surface area contributed by atoms with E-state index in [4.69, 9.17) is 0 Å². The molecule has 0 spiro atoms. The van der Waals surface area contributed by atoms with Gasteiger partial charge in [-0.3, -0.25) is 9.97 Å². The maximum atomic E-state index is 12.5. The summed E-state index contributed by atoms with van der Waals surface area (Å²) in [5.41, 5.74) is 2.80. The van der Waals surface area contributed by atoms with Crippen LogP contribution in [0.2, 0.25) is 0 Å². The Labute approximate surface area is 153 Å². The topological polar surface area (TPSA) is 75.9 Å². The van der Waals surface area contributed by atoms with E-state index in [1.165, 1.54) is 0 Å². The van der Waals surface area contributed by atoms with Crippen molar-refractivity contribution in [3.63, 3.8) is 0 Å². The molecule has 0 aliphatic heterocycles.